The topological polar surface area (TPSA) is 110 Å². The molecule has 45 heavy (non-hydrogen) atoms. The van der Waals surface area contributed by atoms with Gasteiger partial charge in [-0.1, -0.05) is 42.5 Å². The number of carbonyl (C=O) groups is 2. The molecule has 1 aromatic carbocycles. The third-order valence-corrected chi connectivity index (χ3v) is 10.2. The Hall–Kier alpha value is -4.15. The number of rotatable bonds is 12. The molecule has 0 saturated carbocycles. The number of methoxy groups -OCH3 is 1. The Balaban J connectivity index is 1.17. The van der Waals surface area contributed by atoms with Gasteiger partial charge in [0.15, 0.2) is 0 Å². The van der Waals surface area contributed by atoms with Crippen molar-refractivity contribution in [2.75, 3.05) is 34.3 Å². The van der Waals surface area contributed by atoms with Gasteiger partial charge in [0.2, 0.25) is 21.8 Å². The van der Waals surface area contributed by atoms with E-state index in [-0.39, 0.29) is 36.6 Å². The largest absolute Gasteiger partial charge is 0.497 e. The fourth-order valence-corrected chi connectivity index (χ4v) is 7.63. The minimum Gasteiger partial charge on any atom is -0.497 e. The van der Waals surface area contributed by atoms with Gasteiger partial charge < -0.3 is 15.0 Å². The number of unbranched alkanes of at least 4 members (excludes halogenated alkanes) is 1. The second kappa shape index (κ2) is 13.9. The number of aromatic nitrogens is 1. The Morgan fingerprint density at radius 3 is 2.58 bits per heavy atom. The lowest BCUT2D eigenvalue weighted by Crippen LogP contribution is -2.31. The van der Waals surface area contributed by atoms with E-state index < -0.39 is 10.0 Å². The number of nitrogens with one attached hydrogen (secondary N) is 2. The van der Waals surface area contributed by atoms with E-state index in [1.165, 1.54) is 0 Å². The van der Waals surface area contributed by atoms with Crippen LogP contribution in [0.1, 0.15) is 41.7 Å². The summed E-state index contributed by atoms with van der Waals surface area (Å²) < 4.78 is 36.3. The van der Waals surface area contributed by atoms with Crippen molar-refractivity contribution >= 4 is 32.7 Å². The first-order chi connectivity index (χ1) is 21.6. The van der Waals surface area contributed by atoms with Crippen molar-refractivity contribution in [3.63, 3.8) is 0 Å². The molecule has 2 N–H and O–H groups in total. The molecule has 0 saturated heterocycles. The molecule has 1 heterocycles. The van der Waals surface area contributed by atoms with Crippen LogP contribution in [-0.2, 0) is 21.2 Å². The lowest BCUT2D eigenvalue weighted by Gasteiger charge is -2.31. The molecule has 0 bridgehead atoms. The van der Waals surface area contributed by atoms with Crippen molar-refractivity contribution in [1.29, 1.82) is 0 Å². The number of benzene rings is 1. The van der Waals surface area contributed by atoms with E-state index in [9.17, 15) is 18.0 Å². The maximum Gasteiger partial charge on any atom is 0.240 e. The molecular weight excluding hydrogens is 588 g/mol. The molecule has 0 spiro atoms. The number of hydrogen-bond acceptors (Lipinski definition) is 6. The quantitative estimate of drug-likeness (QED) is 0.322. The van der Waals surface area contributed by atoms with Gasteiger partial charge in [0, 0.05) is 49.9 Å². The van der Waals surface area contributed by atoms with Crippen molar-refractivity contribution in [2.45, 2.75) is 39.0 Å². The molecule has 2 unspecified atom stereocenters. The third kappa shape index (κ3) is 6.92. The van der Waals surface area contributed by atoms with Gasteiger partial charge in [0.1, 0.15) is 5.75 Å². The van der Waals surface area contributed by atoms with Crippen LogP contribution in [0.25, 0.3) is 10.9 Å². The summed E-state index contributed by atoms with van der Waals surface area (Å²) >= 11 is 0. The van der Waals surface area contributed by atoms with Crippen LogP contribution in [0.2, 0.25) is 0 Å². The second-order valence-electron chi connectivity index (χ2n) is 11.8. The predicted octanol–water partition coefficient (Wildman–Crippen LogP) is 4.93. The van der Waals surface area contributed by atoms with E-state index in [0.29, 0.717) is 36.5 Å². The molecule has 238 valence electrons. The zero-order chi connectivity index (χ0) is 32.1. The normalized spacial score (nSPS) is 19.1. The highest BCUT2D eigenvalue weighted by Gasteiger charge is 2.30. The SMILES string of the molecule is COc1ccc2c(c1)c(CC(=O)NCCCCNS(=O)(=O)C1=C3C=CC=C(N(C)C)C3CC=C1)c(C)n2C(=O)C1C=CC=CC1. The number of carbonyl (C=O) groups excluding carboxylic acids is 2. The third-order valence-electron chi connectivity index (χ3n) is 8.62. The van der Waals surface area contributed by atoms with Crippen LogP contribution in [-0.4, -0.2) is 64.0 Å². The zero-order valence-electron chi connectivity index (χ0n) is 26.4. The van der Waals surface area contributed by atoms with Crippen LogP contribution in [0, 0.1) is 18.8 Å². The number of nitrogens with zero attached hydrogens (tertiary/aromatic N) is 2. The molecule has 1 aromatic heterocycles. The van der Waals surface area contributed by atoms with E-state index in [1.54, 1.807) is 17.8 Å². The van der Waals surface area contributed by atoms with Gasteiger partial charge in [-0.15, -0.1) is 0 Å². The zero-order valence-corrected chi connectivity index (χ0v) is 27.2. The summed E-state index contributed by atoms with van der Waals surface area (Å²) in [5, 5.41) is 3.78. The summed E-state index contributed by atoms with van der Waals surface area (Å²) in [5.74, 6) is 0.232. The van der Waals surface area contributed by atoms with E-state index >= 15 is 0 Å². The summed E-state index contributed by atoms with van der Waals surface area (Å²) in [6.45, 7) is 2.56. The first-order valence-corrected chi connectivity index (χ1v) is 16.9. The summed E-state index contributed by atoms with van der Waals surface area (Å²) in [7, 11) is 1.85. The van der Waals surface area contributed by atoms with Gasteiger partial charge in [0.05, 0.1) is 29.9 Å². The molecule has 2 aromatic rings. The fourth-order valence-electron chi connectivity index (χ4n) is 6.27. The lowest BCUT2D eigenvalue weighted by molar-refractivity contribution is -0.120. The molecule has 10 heteroatoms. The molecule has 1 amide bonds. The van der Waals surface area contributed by atoms with Gasteiger partial charge in [-0.2, -0.15) is 0 Å². The van der Waals surface area contributed by atoms with Crippen LogP contribution < -0.4 is 14.8 Å². The molecule has 5 rings (SSSR count). The van der Waals surface area contributed by atoms with Crippen LogP contribution in [0.5, 0.6) is 5.75 Å². The number of hydrogen-bond donors (Lipinski definition) is 2. The molecule has 9 nitrogen and oxygen atoms in total. The van der Waals surface area contributed by atoms with Crippen molar-refractivity contribution in [3.05, 3.63) is 100 Å². The number of fused-ring (bicyclic) bond motifs is 2. The summed E-state index contributed by atoms with van der Waals surface area (Å²) in [6, 6.07) is 5.56. The average molecular weight is 631 g/mol. The van der Waals surface area contributed by atoms with E-state index in [0.717, 1.165) is 39.9 Å². The average Bonchev–Trinajstić information content (AvgIpc) is 3.31. The smallest absolute Gasteiger partial charge is 0.240 e. The van der Waals surface area contributed by atoms with Crippen molar-refractivity contribution < 1.29 is 22.7 Å². The Morgan fingerprint density at radius 2 is 1.84 bits per heavy atom. The molecular formula is C35H42N4O5S. The van der Waals surface area contributed by atoms with Crippen LogP contribution in [0.15, 0.2) is 89.1 Å². The minimum atomic E-state index is -3.68. The summed E-state index contributed by atoms with van der Waals surface area (Å²) in [5.41, 5.74) is 4.18. The van der Waals surface area contributed by atoms with Gasteiger partial charge in [-0.05, 0) is 74.1 Å². The van der Waals surface area contributed by atoms with E-state index in [1.807, 2.05) is 92.7 Å². The number of allylic oxidation sites excluding steroid dienone is 10. The van der Waals surface area contributed by atoms with E-state index in [4.69, 9.17) is 4.74 Å². The number of sulfonamides is 1. The Kier molecular flexibility index (Phi) is 9.94. The first-order valence-electron chi connectivity index (χ1n) is 15.4. The maximum absolute atomic E-state index is 13.5. The molecule has 0 aliphatic heterocycles. The lowest BCUT2D eigenvalue weighted by atomic mass is 9.85. The number of ether oxygens (including phenoxy) is 1. The highest BCUT2D eigenvalue weighted by atomic mass is 32.2. The molecule has 2 atom stereocenters. The maximum atomic E-state index is 13.5. The minimum absolute atomic E-state index is 0.0231. The monoisotopic (exact) mass is 630 g/mol. The first kappa shape index (κ1) is 32.2. The number of amides is 1. The summed E-state index contributed by atoms with van der Waals surface area (Å²) in [6.07, 6.45) is 19.9. The van der Waals surface area contributed by atoms with Crippen molar-refractivity contribution in [3.8, 4) is 5.75 Å². The Morgan fingerprint density at radius 1 is 1.04 bits per heavy atom. The molecule has 0 fully saturated rings. The van der Waals surface area contributed by atoms with Crippen LogP contribution in [0.3, 0.4) is 0 Å². The van der Waals surface area contributed by atoms with Gasteiger partial charge in [-0.25, -0.2) is 13.1 Å². The molecule has 0 radical (unpaired) electrons. The highest BCUT2D eigenvalue weighted by Crippen LogP contribution is 2.37. The van der Waals surface area contributed by atoms with Crippen LogP contribution in [0.4, 0.5) is 0 Å². The van der Waals surface area contributed by atoms with Gasteiger partial charge >= 0.3 is 0 Å². The van der Waals surface area contributed by atoms with E-state index in [2.05, 4.69) is 10.0 Å². The van der Waals surface area contributed by atoms with Crippen LogP contribution >= 0.6 is 0 Å². The second-order valence-corrected chi connectivity index (χ2v) is 13.5. The van der Waals surface area contributed by atoms with Gasteiger partial charge in [-0.3, -0.25) is 14.2 Å². The van der Waals surface area contributed by atoms with Crippen molar-refractivity contribution in [1.82, 2.24) is 19.5 Å². The fraction of sp³-hybridized carbons (Fsp3) is 0.371. The van der Waals surface area contributed by atoms with Gasteiger partial charge in [0.25, 0.3) is 0 Å². The van der Waals surface area contributed by atoms with Crippen molar-refractivity contribution in [2.24, 2.45) is 11.8 Å². The Labute approximate surface area is 265 Å². The molecule has 3 aliphatic carbocycles. The Bertz CT molecular complexity index is 1770. The summed E-state index contributed by atoms with van der Waals surface area (Å²) in [4.78, 5) is 28.9. The predicted molar refractivity (Wildman–Crippen MR) is 178 cm³/mol. The highest BCUT2D eigenvalue weighted by molar-refractivity contribution is 7.93. The standard InChI is InChI=1S/C35H42N4O5S/c1-24-29(30-22-26(44-4)18-19-32(30)39(24)35(41)25-12-6-5-7-13-25)23-34(40)36-20-8-9-21-37-45(42,43)33-17-11-14-27-28(33)15-10-16-31(27)38(2)3/h5-7,10-12,15-19,22,25,27,37H,8-9,13-14,20-21,23H2,1-4H3,(H,36,40). The molecule has 3 aliphatic rings.